The van der Waals surface area contributed by atoms with Gasteiger partial charge in [-0.05, 0) is 46.6 Å². The molecule has 1 aliphatic rings. The monoisotopic (exact) mass is 376 g/mol. The number of para-hydroxylation sites is 1. The van der Waals surface area contributed by atoms with Gasteiger partial charge in [0, 0.05) is 17.5 Å². The number of hydrogen-bond donors (Lipinski definition) is 2. The highest BCUT2D eigenvalue weighted by molar-refractivity contribution is 5.85. The summed E-state index contributed by atoms with van der Waals surface area (Å²) in [5, 5.41) is 5.61. The van der Waals surface area contributed by atoms with Crippen molar-refractivity contribution in [2.45, 2.75) is 70.4 Å². The van der Waals surface area contributed by atoms with Crippen molar-refractivity contribution < 1.29 is 19.1 Å². The normalized spacial score (nSPS) is 17.1. The van der Waals surface area contributed by atoms with Crippen molar-refractivity contribution in [1.82, 2.24) is 10.6 Å². The van der Waals surface area contributed by atoms with Gasteiger partial charge < -0.3 is 20.1 Å². The first-order chi connectivity index (χ1) is 12.7. The van der Waals surface area contributed by atoms with Crippen LogP contribution in [0.15, 0.2) is 24.3 Å². The Hall–Kier alpha value is -2.24. The van der Waals surface area contributed by atoms with Gasteiger partial charge in [0.25, 0.3) is 0 Å². The van der Waals surface area contributed by atoms with Gasteiger partial charge in [-0.2, -0.15) is 0 Å². The van der Waals surface area contributed by atoms with Gasteiger partial charge in [0.1, 0.15) is 17.4 Å². The lowest BCUT2D eigenvalue weighted by Crippen LogP contribution is -2.49. The summed E-state index contributed by atoms with van der Waals surface area (Å²) in [5.74, 6) is 0.635. The zero-order chi connectivity index (χ0) is 20.1. The zero-order valence-corrected chi connectivity index (χ0v) is 17.1. The first-order valence-electron chi connectivity index (χ1n) is 9.58. The average Bonchev–Trinajstić information content (AvgIpc) is 3.07. The molecule has 1 fully saturated rings. The molecule has 0 bridgehead atoms. The average molecular weight is 376 g/mol. The molecule has 0 saturated heterocycles. The molecular weight excluding hydrogens is 344 g/mol. The first kappa shape index (κ1) is 21.1. The fourth-order valence-corrected chi connectivity index (χ4v) is 3.64. The van der Waals surface area contributed by atoms with Gasteiger partial charge in [0.2, 0.25) is 5.91 Å². The zero-order valence-electron chi connectivity index (χ0n) is 17.1. The Balaban J connectivity index is 2.01. The number of amides is 2. The highest BCUT2D eigenvalue weighted by Gasteiger charge is 2.38. The van der Waals surface area contributed by atoms with E-state index >= 15 is 0 Å². The summed E-state index contributed by atoms with van der Waals surface area (Å²) in [6.45, 7) is 7.54. The number of hydrogen-bond acceptors (Lipinski definition) is 4. The molecule has 0 aromatic heterocycles. The molecule has 6 nitrogen and oxygen atoms in total. The molecule has 2 rings (SSSR count). The minimum Gasteiger partial charge on any atom is -0.496 e. The molecule has 0 spiro atoms. The van der Waals surface area contributed by atoms with Gasteiger partial charge in [-0.15, -0.1) is 0 Å². The Morgan fingerprint density at radius 2 is 1.81 bits per heavy atom. The van der Waals surface area contributed by atoms with Crippen LogP contribution in [0.25, 0.3) is 0 Å². The third-order valence-corrected chi connectivity index (χ3v) is 4.97. The summed E-state index contributed by atoms with van der Waals surface area (Å²) in [6, 6.07) is 7.33. The summed E-state index contributed by atoms with van der Waals surface area (Å²) in [6.07, 6.45) is 3.66. The van der Waals surface area contributed by atoms with Crippen molar-refractivity contribution in [2.75, 3.05) is 13.7 Å². The minimum atomic E-state index is -0.670. The number of carbonyl (C=O) groups is 2. The largest absolute Gasteiger partial charge is 0.496 e. The number of ether oxygens (including phenoxy) is 2. The maximum Gasteiger partial charge on any atom is 0.408 e. The van der Waals surface area contributed by atoms with E-state index in [1.165, 1.54) is 0 Å². The van der Waals surface area contributed by atoms with Gasteiger partial charge in [-0.1, -0.05) is 31.0 Å². The molecule has 2 amide bonds. The van der Waals surface area contributed by atoms with E-state index in [2.05, 4.69) is 16.7 Å². The Morgan fingerprint density at radius 3 is 2.41 bits per heavy atom. The van der Waals surface area contributed by atoms with E-state index in [9.17, 15) is 9.59 Å². The van der Waals surface area contributed by atoms with Crippen LogP contribution in [0.5, 0.6) is 5.75 Å². The molecule has 0 unspecified atom stereocenters. The Bertz CT molecular complexity index is 660. The third kappa shape index (κ3) is 5.62. The quantitative estimate of drug-likeness (QED) is 0.796. The Labute approximate surface area is 162 Å². The van der Waals surface area contributed by atoms with Crippen LogP contribution in [0.2, 0.25) is 0 Å². The van der Waals surface area contributed by atoms with Crippen molar-refractivity contribution in [3.63, 3.8) is 0 Å². The first-order valence-corrected chi connectivity index (χ1v) is 9.58. The molecule has 1 aliphatic carbocycles. The topological polar surface area (TPSA) is 76.7 Å². The van der Waals surface area contributed by atoms with Gasteiger partial charge >= 0.3 is 6.09 Å². The fourth-order valence-electron chi connectivity index (χ4n) is 3.64. The molecule has 2 N–H and O–H groups in total. The van der Waals surface area contributed by atoms with Gasteiger partial charge in [0.15, 0.2) is 0 Å². The molecular formula is C21H32N2O4. The van der Waals surface area contributed by atoms with E-state index in [-0.39, 0.29) is 11.3 Å². The molecule has 150 valence electrons. The van der Waals surface area contributed by atoms with Crippen LogP contribution in [-0.2, 0) is 14.9 Å². The molecule has 0 aliphatic heterocycles. The van der Waals surface area contributed by atoms with E-state index in [4.69, 9.17) is 9.47 Å². The minimum absolute atomic E-state index is 0.131. The van der Waals surface area contributed by atoms with Crippen LogP contribution in [0.4, 0.5) is 4.79 Å². The number of rotatable bonds is 6. The Kier molecular flexibility index (Phi) is 6.73. The summed E-state index contributed by atoms with van der Waals surface area (Å²) < 4.78 is 10.8. The smallest absolute Gasteiger partial charge is 0.408 e. The lowest BCUT2D eigenvalue weighted by molar-refractivity contribution is -0.123. The van der Waals surface area contributed by atoms with E-state index in [0.29, 0.717) is 6.54 Å². The van der Waals surface area contributed by atoms with Crippen LogP contribution < -0.4 is 15.4 Å². The number of carbonyl (C=O) groups excluding carboxylic acids is 2. The van der Waals surface area contributed by atoms with Crippen LogP contribution in [-0.4, -0.2) is 37.3 Å². The van der Waals surface area contributed by atoms with Crippen LogP contribution >= 0.6 is 0 Å². The maximum absolute atomic E-state index is 12.5. The fraction of sp³-hybridized carbons (Fsp3) is 0.619. The Morgan fingerprint density at radius 1 is 1.19 bits per heavy atom. The van der Waals surface area contributed by atoms with Gasteiger partial charge in [0.05, 0.1) is 7.11 Å². The second-order valence-electron chi connectivity index (χ2n) is 8.27. The number of benzene rings is 1. The lowest BCUT2D eigenvalue weighted by Gasteiger charge is -2.32. The summed E-state index contributed by atoms with van der Waals surface area (Å²) in [5.41, 5.74) is 0.407. The van der Waals surface area contributed by atoms with E-state index in [1.54, 1.807) is 34.8 Å². The standard InChI is InChI=1S/C21H32N2O4/c1-15(23-19(25)27-20(2,3)4)18(24)22-14-21(12-8-9-13-21)16-10-6-7-11-17(16)26-5/h6-7,10-11,15H,8-9,12-14H2,1-5H3,(H,22,24)(H,23,25)/t15-/m1/s1. The molecule has 6 heteroatoms. The molecule has 1 aromatic rings. The molecule has 0 radical (unpaired) electrons. The van der Waals surface area contributed by atoms with E-state index in [1.807, 2.05) is 18.2 Å². The van der Waals surface area contributed by atoms with Crippen molar-refractivity contribution in [1.29, 1.82) is 0 Å². The van der Waals surface area contributed by atoms with Crippen LogP contribution in [0, 0.1) is 0 Å². The summed E-state index contributed by atoms with van der Waals surface area (Å²) >= 11 is 0. The van der Waals surface area contributed by atoms with Crippen molar-refractivity contribution >= 4 is 12.0 Å². The molecule has 1 aromatic carbocycles. The van der Waals surface area contributed by atoms with E-state index in [0.717, 1.165) is 37.0 Å². The van der Waals surface area contributed by atoms with Crippen LogP contribution in [0.3, 0.4) is 0 Å². The molecule has 1 saturated carbocycles. The van der Waals surface area contributed by atoms with Gasteiger partial charge in [-0.3, -0.25) is 4.79 Å². The summed E-state index contributed by atoms with van der Waals surface area (Å²) in [4.78, 5) is 24.4. The lowest BCUT2D eigenvalue weighted by atomic mass is 9.78. The SMILES string of the molecule is COc1ccccc1C1(CNC(=O)[C@@H](C)NC(=O)OC(C)(C)C)CCCC1. The summed E-state index contributed by atoms with van der Waals surface area (Å²) in [7, 11) is 1.67. The second kappa shape index (κ2) is 8.63. The van der Waals surface area contributed by atoms with Crippen LogP contribution in [0.1, 0.15) is 58.9 Å². The van der Waals surface area contributed by atoms with Crippen molar-refractivity contribution in [3.8, 4) is 5.75 Å². The molecule has 1 atom stereocenters. The van der Waals surface area contributed by atoms with Crippen molar-refractivity contribution in [2.24, 2.45) is 0 Å². The second-order valence-corrected chi connectivity index (χ2v) is 8.27. The maximum atomic E-state index is 12.5. The highest BCUT2D eigenvalue weighted by Crippen LogP contribution is 2.44. The predicted molar refractivity (Wildman–Crippen MR) is 105 cm³/mol. The predicted octanol–water partition coefficient (Wildman–Crippen LogP) is 3.54. The number of methoxy groups -OCH3 is 1. The molecule has 27 heavy (non-hydrogen) atoms. The number of nitrogens with one attached hydrogen (secondary N) is 2. The highest BCUT2D eigenvalue weighted by atomic mass is 16.6. The van der Waals surface area contributed by atoms with Gasteiger partial charge in [-0.25, -0.2) is 4.79 Å². The molecule has 0 heterocycles. The third-order valence-electron chi connectivity index (χ3n) is 4.97. The number of alkyl carbamates (subject to hydrolysis) is 1. The van der Waals surface area contributed by atoms with Crippen molar-refractivity contribution in [3.05, 3.63) is 29.8 Å². The van der Waals surface area contributed by atoms with E-state index < -0.39 is 17.7 Å².